The molecule has 0 aliphatic carbocycles. The zero-order valence-corrected chi connectivity index (χ0v) is 23.7. The van der Waals surface area contributed by atoms with Crippen LogP contribution < -0.4 is 9.47 Å². The van der Waals surface area contributed by atoms with Gasteiger partial charge in [-0.2, -0.15) is 25.3 Å². The molecular formula is C24H24N2O8S4. The van der Waals surface area contributed by atoms with Gasteiger partial charge in [-0.15, -0.1) is 12.6 Å². The van der Waals surface area contributed by atoms with E-state index >= 15 is 0 Å². The number of hydrogen-bond acceptors (Lipinski definition) is 12. The number of carbonyl (C=O) groups is 4. The molecule has 202 valence electrons. The summed E-state index contributed by atoms with van der Waals surface area (Å²) >= 11 is 13.0. The van der Waals surface area contributed by atoms with E-state index in [1.54, 1.807) is 55.6 Å². The fourth-order valence-corrected chi connectivity index (χ4v) is 6.10. The van der Waals surface area contributed by atoms with Crippen molar-refractivity contribution >= 4 is 73.4 Å². The van der Waals surface area contributed by atoms with Gasteiger partial charge >= 0.3 is 11.9 Å². The number of thioether (sulfide) groups is 1. The van der Waals surface area contributed by atoms with Crippen LogP contribution in [0.15, 0.2) is 48.5 Å². The molecule has 3 heterocycles. The summed E-state index contributed by atoms with van der Waals surface area (Å²) in [4.78, 5) is 64.2. The van der Waals surface area contributed by atoms with Crippen LogP contribution in [0.4, 0.5) is 0 Å². The van der Waals surface area contributed by atoms with E-state index in [0.717, 1.165) is 17.3 Å². The first kappa shape index (κ1) is 28.3. The topological polar surface area (TPSA) is 112 Å². The molecule has 0 radical (unpaired) electrons. The van der Waals surface area contributed by atoms with Gasteiger partial charge in [0.2, 0.25) is 5.91 Å². The summed E-state index contributed by atoms with van der Waals surface area (Å²) in [6.45, 7) is 0.144. The third kappa shape index (κ3) is 5.53. The van der Waals surface area contributed by atoms with E-state index in [1.807, 2.05) is 0 Å². The number of benzene rings is 2. The Morgan fingerprint density at radius 3 is 1.84 bits per heavy atom. The minimum atomic E-state index is -1.86. The molecule has 3 unspecified atom stereocenters. The third-order valence-electron chi connectivity index (χ3n) is 5.99. The number of carbonyl (C=O) groups excluding carboxylic acids is 4. The molecule has 0 saturated carbocycles. The molecule has 0 spiro atoms. The van der Waals surface area contributed by atoms with Gasteiger partial charge in [-0.3, -0.25) is 9.59 Å². The average Bonchev–Trinajstić information content (AvgIpc) is 2.91. The molecule has 2 aromatic rings. The van der Waals surface area contributed by atoms with E-state index in [4.69, 9.17) is 14.4 Å². The minimum absolute atomic E-state index is 0.0252. The van der Waals surface area contributed by atoms with E-state index in [1.165, 1.54) is 16.9 Å². The maximum Gasteiger partial charge on any atom is 0.383 e. The first-order valence-corrected chi connectivity index (χ1v) is 13.5. The molecule has 3 fully saturated rings. The van der Waals surface area contributed by atoms with E-state index in [-0.39, 0.29) is 19.0 Å². The number of methoxy groups -OCH3 is 2. The fraction of sp³-hybridized carbons (Fsp3) is 0.333. The molecule has 3 atom stereocenters. The normalized spacial score (nSPS) is 22.5. The Kier molecular flexibility index (Phi) is 8.65. The SMILES string of the molecule is COc1ccc(CN2C(=O)C3N(Cc4ccc(OC)cc4)C(=O)C2SC3(S)C(=O)OOC(=O)C(S)S)cc1. The number of hydrogen-bond donors (Lipinski definition) is 3. The number of amides is 2. The van der Waals surface area contributed by atoms with Crippen molar-refractivity contribution in [1.29, 1.82) is 0 Å². The summed E-state index contributed by atoms with van der Waals surface area (Å²) in [5, 5.41) is -1.09. The highest BCUT2D eigenvalue weighted by atomic mass is 32.2. The smallest absolute Gasteiger partial charge is 0.383 e. The molecule has 2 amide bonds. The van der Waals surface area contributed by atoms with Gasteiger partial charge in [0.05, 0.1) is 14.2 Å². The maximum atomic E-state index is 13.8. The highest BCUT2D eigenvalue weighted by Gasteiger charge is 2.66. The molecule has 3 saturated heterocycles. The van der Waals surface area contributed by atoms with Gasteiger partial charge in [0.25, 0.3) is 5.91 Å². The van der Waals surface area contributed by atoms with Gasteiger partial charge in [-0.1, -0.05) is 36.0 Å². The lowest BCUT2D eigenvalue weighted by molar-refractivity contribution is -0.258. The van der Waals surface area contributed by atoms with Gasteiger partial charge in [0.15, 0.2) is 9.45 Å². The van der Waals surface area contributed by atoms with Crippen molar-refractivity contribution in [2.24, 2.45) is 0 Å². The molecule has 0 aromatic heterocycles. The average molecular weight is 597 g/mol. The van der Waals surface area contributed by atoms with Crippen LogP contribution in [0.1, 0.15) is 11.1 Å². The second kappa shape index (κ2) is 11.6. The highest BCUT2D eigenvalue weighted by Crippen LogP contribution is 2.51. The van der Waals surface area contributed by atoms with Crippen molar-refractivity contribution in [3.05, 3.63) is 59.7 Å². The summed E-state index contributed by atoms with van der Waals surface area (Å²) in [6.07, 6.45) is 0. The summed E-state index contributed by atoms with van der Waals surface area (Å²) < 4.78 is 7.35. The standard InChI is InChI=1S/C24H24N2O8S4/c1-31-15-7-3-13(4-8-15)11-25-17-18(27)26(12-14-5-9-16(32-2)10-6-14)20(19(25)28)38-24(17,37)23(30)34-33-21(29)22(35)36/h3-10,17,20,22,35-37H,11-12H2,1-2H3. The lowest BCUT2D eigenvalue weighted by atomic mass is 10.0. The lowest BCUT2D eigenvalue weighted by Crippen LogP contribution is -2.75. The van der Waals surface area contributed by atoms with Gasteiger partial charge in [-0.05, 0) is 35.4 Å². The number of ether oxygens (including phenoxy) is 2. The number of thiol groups is 3. The molecule has 0 N–H and O–H groups in total. The van der Waals surface area contributed by atoms with E-state index in [2.05, 4.69) is 42.8 Å². The van der Waals surface area contributed by atoms with Crippen LogP contribution in [0.3, 0.4) is 0 Å². The Bertz CT molecular complexity index is 1230. The fourth-order valence-electron chi connectivity index (χ4n) is 4.06. The molecule has 2 bridgehead atoms. The number of rotatable bonds is 8. The van der Waals surface area contributed by atoms with Crippen LogP contribution in [0.2, 0.25) is 0 Å². The summed E-state index contributed by atoms with van der Waals surface area (Å²) in [5.74, 6) is -1.74. The second-order valence-corrected chi connectivity index (χ2v) is 12.1. The Hall–Kier alpha value is -2.68. The Morgan fingerprint density at radius 2 is 1.37 bits per heavy atom. The summed E-state index contributed by atoms with van der Waals surface area (Å²) in [6, 6.07) is 12.7. The quantitative estimate of drug-likeness (QED) is 0.183. The van der Waals surface area contributed by atoms with Crippen molar-refractivity contribution < 1.29 is 38.4 Å². The van der Waals surface area contributed by atoms with Crippen LogP contribution in [0.25, 0.3) is 0 Å². The highest BCUT2D eigenvalue weighted by molar-refractivity contribution is 8.13. The third-order valence-corrected chi connectivity index (χ3v) is 8.59. The zero-order chi connectivity index (χ0) is 27.6. The molecule has 3 aliphatic rings. The van der Waals surface area contributed by atoms with Gasteiger partial charge in [0.1, 0.15) is 22.1 Å². The Morgan fingerprint density at radius 1 is 0.868 bits per heavy atom. The maximum absolute atomic E-state index is 13.8. The predicted molar refractivity (Wildman–Crippen MR) is 148 cm³/mol. The molecule has 14 heteroatoms. The summed E-state index contributed by atoms with van der Waals surface area (Å²) in [7, 11) is 3.08. The number of nitrogens with zero attached hydrogens (tertiary/aromatic N) is 2. The van der Waals surface area contributed by atoms with Gasteiger partial charge < -0.3 is 19.3 Å². The predicted octanol–water partition coefficient (Wildman–Crippen LogP) is 2.33. The Labute approximate surface area is 239 Å². The van der Waals surface area contributed by atoms with E-state index < -0.39 is 37.9 Å². The van der Waals surface area contributed by atoms with Crippen LogP contribution in [-0.4, -0.2) is 67.8 Å². The molecule has 2 aromatic carbocycles. The molecule has 38 heavy (non-hydrogen) atoms. The largest absolute Gasteiger partial charge is 0.497 e. The zero-order valence-electron chi connectivity index (χ0n) is 20.2. The van der Waals surface area contributed by atoms with E-state index in [9.17, 15) is 19.2 Å². The summed E-state index contributed by atoms with van der Waals surface area (Å²) in [5.41, 5.74) is 1.46. The van der Waals surface area contributed by atoms with Crippen molar-refractivity contribution in [3.8, 4) is 11.5 Å². The Balaban J connectivity index is 1.64. The van der Waals surface area contributed by atoms with E-state index in [0.29, 0.717) is 17.1 Å². The molecule has 5 rings (SSSR count). The van der Waals surface area contributed by atoms with Crippen LogP contribution in [0, 0.1) is 0 Å². The van der Waals surface area contributed by atoms with Crippen LogP contribution >= 0.6 is 49.6 Å². The number of fused-ring (bicyclic) bond motifs is 3. The molecule has 10 nitrogen and oxygen atoms in total. The molecular weight excluding hydrogens is 573 g/mol. The van der Waals surface area contributed by atoms with Gasteiger partial charge in [0, 0.05) is 13.1 Å². The number of piperazine rings is 1. The van der Waals surface area contributed by atoms with Crippen molar-refractivity contribution in [1.82, 2.24) is 9.80 Å². The van der Waals surface area contributed by atoms with Crippen molar-refractivity contribution in [2.45, 2.75) is 33.2 Å². The van der Waals surface area contributed by atoms with Crippen LogP contribution in [0.5, 0.6) is 11.5 Å². The second-order valence-electron chi connectivity index (χ2n) is 8.34. The monoisotopic (exact) mass is 596 g/mol. The molecule has 3 aliphatic heterocycles. The lowest BCUT2D eigenvalue weighted by Gasteiger charge is -2.55. The minimum Gasteiger partial charge on any atom is -0.497 e. The van der Waals surface area contributed by atoms with Crippen molar-refractivity contribution in [2.75, 3.05) is 14.2 Å². The van der Waals surface area contributed by atoms with Crippen molar-refractivity contribution in [3.63, 3.8) is 0 Å². The van der Waals surface area contributed by atoms with Crippen LogP contribution in [-0.2, 0) is 42.0 Å². The first-order valence-electron chi connectivity index (χ1n) is 11.1. The van der Waals surface area contributed by atoms with Gasteiger partial charge in [-0.25, -0.2) is 19.4 Å². The first-order chi connectivity index (χ1) is 18.1.